The molecule has 1 atom stereocenters. The van der Waals surface area contributed by atoms with Gasteiger partial charge in [0, 0.05) is 11.6 Å². The van der Waals surface area contributed by atoms with Crippen LogP contribution in [-0.2, 0) is 9.59 Å². The molecule has 0 heterocycles. The highest BCUT2D eigenvalue weighted by Crippen LogP contribution is 2.21. The Kier molecular flexibility index (Phi) is 6.47. The van der Waals surface area contributed by atoms with E-state index in [4.69, 9.17) is 9.47 Å². The number of carbonyl (C=O) groups is 2. The first-order valence-corrected chi connectivity index (χ1v) is 9.13. The molecule has 0 spiro atoms. The van der Waals surface area contributed by atoms with E-state index < -0.39 is 17.9 Å². The molecular formula is C23H22N2O4. The molecule has 0 radical (unpaired) electrons. The lowest BCUT2D eigenvalue weighted by Gasteiger charge is -2.15. The van der Waals surface area contributed by atoms with E-state index in [-0.39, 0.29) is 0 Å². The van der Waals surface area contributed by atoms with Gasteiger partial charge >= 0.3 is 0 Å². The van der Waals surface area contributed by atoms with Crippen LogP contribution in [0.3, 0.4) is 0 Å². The number of hydrogen-bond donors (Lipinski definition) is 2. The summed E-state index contributed by atoms with van der Waals surface area (Å²) in [5, 5.41) is 2.11. The number of ether oxygens (including phenoxy) is 2. The number of carbonyl (C=O) groups excluding carboxylic acids is 2. The van der Waals surface area contributed by atoms with Crippen LogP contribution in [0.5, 0.6) is 11.5 Å². The minimum atomic E-state index is -0.783. The van der Waals surface area contributed by atoms with Crippen LogP contribution in [0, 0.1) is 0 Å². The van der Waals surface area contributed by atoms with Gasteiger partial charge in [-0.1, -0.05) is 48.5 Å². The lowest BCUT2D eigenvalue weighted by atomic mass is 10.1. The monoisotopic (exact) mass is 390 g/mol. The zero-order chi connectivity index (χ0) is 20.6. The Bertz CT molecular complexity index is 1050. The van der Waals surface area contributed by atoms with Crippen molar-refractivity contribution in [1.82, 2.24) is 10.9 Å². The molecule has 148 valence electrons. The van der Waals surface area contributed by atoms with Crippen LogP contribution in [0.25, 0.3) is 16.8 Å². The lowest BCUT2D eigenvalue weighted by molar-refractivity contribution is -0.131. The van der Waals surface area contributed by atoms with E-state index >= 15 is 0 Å². The van der Waals surface area contributed by atoms with E-state index in [9.17, 15) is 9.59 Å². The van der Waals surface area contributed by atoms with Crippen molar-refractivity contribution < 1.29 is 19.1 Å². The average Bonchev–Trinajstić information content (AvgIpc) is 2.76. The first-order valence-electron chi connectivity index (χ1n) is 9.13. The number of amides is 2. The molecule has 0 saturated heterocycles. The second-order valence-electron chi connectivity index (χ2n) is 6.32. The highest BCUT2D eigenvalue weighted by Gasteiger charge is 2.15. The normalized spacial score (nSPS) is 11.8. The summed E-state index contributed by atoms with van der Waals surface area (Å²) in [7, 11) is 1.56. The van der Waals surface area contributed by atoms with Crippen LogP contribution < -0.4 is 20.3 Å². The fraction of sp³-hybridized carbons (Fsp3) is 0.130. The standard InChI is InChI=1S/C23H22N2O4/c1-16(29-20-13-11-17-7-3-4-9-19(17)15-20)23(27)25-24-22(26)14-12-18-8-5-6-10-21(18)28-2/h3-16H,1-2H3,(H,24,26)(H,25,27)/b14-12+. The second kappa shape index (κ2) is 9.41. The van der Waals surface area contributed by atoms with E-state index in [0.29, 0.717) is 11.5 Å². The summed E-state index contributed by atoms with van der Waals surface area (Å²) in [6.45, 7) is 1.61. The average molecular weight is 390 g/mol. The maximum atomic E-state index is 12.2. The summed E-state index contributed by atoms with van der Waals surface area (Å²) in [5.74, 6) is 0.297. The molecule has 3 aromatic carbocycles. The van der Waals surface area contributed by atoms with Gasteiger partial charge in [-0.05, 0) is 42.0 Å². The molecule has 0 aliphatic rings. The Hall–Kier alpha value is -3.80. The largest absolute Gasteiger partial charge is 0.496 e. The number of benzene rings is 3. The number of fused-ring (bicyclic) bond motifs is 1. The third-order valence-electron chi connectivity index (χ3n) is 4.27. The predicted molar refractivity (Wildman–Crippen MR) is 112 cm³/mol. The highest BCUT2D eigenvalue weighted by molar-refractivity contribution is 5.94. The SMILES string of the molecule is COc1ccccc1/C=C/C(=O)NNC(=O)C(C)Oc1ccc2ccccc2c1. The van der Waals surface area contributed by atoms with E-state index in [1.54, 1.807) is 32.2 Å². The summed E-state index contributed by atoms with van der Waals surface area (Å²) >= 11 is 0. The van der Waals surface area contributed by atoms with Gasteiger partial charge < -0.3 is 9.47 Å². The summed E-state index contributed by atoms with van der Waals surface area (Å²) < 4.78 is 10.9. The van der Waals surface area contributed by atoms with E-state index in [2.05, 4.69) is 10.9 Å². The molecule has 0 fully saturated rings. The number of nitrogens with one attached hydrogen (secondary N) is 2. The zero-order valence-electron chi connectivity index (χ0n) is 16.2. The van der Waals surface area contributed by atoms with Crippen molar-refractivity contribution in [2.24, 2.45) is 0 Å². The van der Waals surface area contributed by atoms with Crippen LogP contribution in [0.1, 0.15) is 12.5 Å². The summed E-state index contributed by atoms with van der Waals surface area (Å²) in [5.41, 5.74) is 5.45. The maximum absolute atomic E-state index is 12.2. The van der Waals surface area contributed by atoms with Crippen LogP contribution in [0.2, 0.25) is 0 Å². The molecule has 0 aromatic heterocycles. The first-order chi connectivity index (χ1) is 14.1. The van der Waals surface area contributed by atoms with Crippen molar-refractivity contribution >= 4 is 28.7 Å². The topological polar surface area (TPSA) is 76.7 Å². The molecule has 3 aromatic rings. The van der Waals surface area contributed by atoms with Crippen molar-refractivity contribution in [3.05, 3.63) is 78.4 Å². The quantitative estimate of drug-likeness (QED) is 0.499. The molecular weight excluding hydrogens is 368 g/mol. The lowest BCUT2D eigenvalue weighted by Crippen LogP contribution is -2.46. The third kappa shape index (κ3) is 5.35. The van der Waals surface area contributed by atoms with Gasteiger partial charge in [0.05, 0.1) is 7.11 Å². The molecule has 0 bridgehead atoms. The Balaban J connectivity index is 1.52. The minimum absolute atomic E-state index is 0.461. The molecule has 3 rings (SSSR count). The molecule has 29 heavy (non-hydrogen) atoms. The maximum Gasteiger partial charge on any atom is 0.279 e. The number of para-hydroxylation sites is 1. The molecule has 6 heteroatoms. The van der Waals surface area contributed by atoms with Crippen molar-refractivity contribution in [2.45, 2.75) is 13.0 Å². The van der Waals surface area contributed by atoms with Gasteiger partial charge in [0.25, 0.3) is 11.8 Å². The van der Waals surface area contributed by atoms with Gasteiger partial charge in [-0.2, -0.15) is 0 Å². The van der Waals surface area contributed by atoms with Crippen LogP contribution in [-0.4, -0.2) is 25.0 Å². The van der Waals surface area contributed by atoms with Gasteiger partial charge in [0.2, 0.25) is 0 Å². The molecule has 6 nitrogen and oxygen atoms in total. The molecule has 2 N–H and O–H groups in total. The zero-order valence-corrected chi connectivity index (χ0v) is 16.2. The van der Waals surface area contributed by atoms with Crippen LogP contribution in [0.4, 0.5) is 0 Å². The predicted octanol–water partition coefficient (Wildman–Crippen LogP) is 3.48. The minimum Gasteiger partial charge on any atom is -0.496 e. The number of methoxy groups -OCH3 is 1. The Morgan fingerprint density at radius 2 is 1.66 bits per heavy atom. The Labute approximate surface area is 169 Å². The van der Waals surface area contributed by atoms with Crippen molar-refractivity contribution in [3.8, 4) is 11.5 Å². The molecule has 2 amide bonds. The van der Waals surface area contributed by atoms with Gasteiger partial charge in [-0.25, -0.2) is 0 Å². The number of hydrogen-bond acceptors (Lipinski definition) is 4. The molecule has 0 aliphatic heterocycles. The van der Waals surface area contributed by atoms with Gasteiger partial charge in [-0.3, -0.25) is 20.4 Å². The second-order valence-corrected chi connectivity index (χ2v) is 6.32. The third-order valence-corrected chi connectivity index (χ3v) is 4.27. The summed E-state index contributed by atoms with van der Waals surface area (Å²) in [4.78, 5) is 24.1. The van der Waals surface area contributed by atoms with Crippen molar-refractivity contribution in [1.29, 1.82) is 0 Å². The van der Waals surface area contributed by atoms with Gasteiger partial charge in [0.15, 0.2) is 6.10 Å². The van der Waals surface area contributed by atoms with E-state index in [1.807, 2.05) is 54.6 Å². The van der Waals surface area contributed by atoms with Crippen molar-refractivity contribution in [3.63, 3.8) is 0 Å². The molecule has 0 saturated carbocycles. The van der Waals surface area contributed by atoms with Gasteiger partial charge in [0.1, 0.15) is 11.5 Å². The van der Waals surface area contributed by atoms with Crippen LogP contribution in [0.15, 0.2) is 72.8 Å². The molecule has 1 unspecified atom stereocenters. The first kappa shape index (κ1) is 19.9. The Morgan fingerprint density at radius 3 is 2.45 bits per heavy atom. The van der Waals surface area contributed by atoms with Gasteiger partial charge in [-0.15, -0.1) is 0 Å². The molecule has 0 aliphatic carbocycles. The van der Waals surface area contributed by atoms with Crippen LogP contribution >= 0.6 is 0 Å². The number of rotatable bonds is 6. The fourth-order valence-electron chi connectivity index (χ4n) is 2.73. The summed E-state index contributed by atoms with van der Waals surface area (Å²) in [6.07, 6.45) is 2.14. The summed E-state index contributed by atoms with van der Waals surface area (Å²) in [6, 6.07) is 20.8. The van der Waals surface area contributed by atoms with Crippen molar-refractivity contribution in [2.75, 3.05) is 7.11 Å². The number of hydrazine groups is 1. The van der Waals surface area contributed by atoms with E-state index in [1.165, 1.54) is 6.08 Å². The Morgan fingerprint density at radius 1 is 0.931 bits per heavy atom. The fourth-order valence-corrected chi connectivity index (χ4v) is 2.73. The van der Waals surface area contributed by atoms with E-state index in [0.717, 1.165) is 16.3 Å². The smallest absolute Gasteiger partial charge is 0.279 e. The highest BCUT2D eigenvalue weighted by atomic mass is 16.5.